The fourth-order valence-corrected chi connectivity index (χ4v) is 2.57. The molecule has 0 saturated heterocycles. The summed E-state index contributed by atoms with van der Waals surface area (Å²) in [4.78, 5) is 0. The highest BCUT2D eigenvalue weighted by molar-refractivity contribution is 7.80. The number of unbranched alkanes of at least 4 members (excludes halogenated alkanes) is 3. The molecule has 0 fully saturated rings. The zero-order valence-corrected chi connectivity index (χ0v) is 16.2. The van der Waals surface area contributed by atoms with Crippen LogP contribution in [0.15, 0.2) is 0 Å². The maximum atomic E-state index is 9.33. The Labute approximate surface area is 134 Å². The van der Waals surface area contributed by atoms with Crippen molar-refractivity contribution in [3.05, 3.63) is 0 Å². The zero-order chi connectivity index (χ0) is 16.1. The molecular weight excluding hydrogens is 309 g/mol. The molecule has 1 unspecified atom stereocenters. The van der Waals surface area contributed by atoms with Gasteiger partial charge < -0.3 is 6.15 Å². The summed E-state index contributed by atoms with van der Waals surface area (Å²) < 4.78 is 29.7. The first-order chi connectivity index (χ1) is 9.24. The average Bonchev–Trinajstić information content (AvgIpc) is 2.41. The highest BCUT2D eigenvalue weighted by Crippen LogP contribution is 2.36. The first kappa shape index (κ1) is 26.2. The van der Waals surface area contributed by atoms with E-state index in [0.717, 1.165) is 7.11 Å². The van der Waals surface area contributed by atoms with E-state index in [0.29, 0.717) is 5.16 Å². The van der Waals surface area contributed by atoms with E-state index in [4.69, 9.17) is 4.55 Å². The summed E-state index contributed by atoms with van der Waals surface area (Å²) in [6.45, 7) is 6.89. The molecule has 0 aliphatic carbocycles. The maximum absolute atomic E-state index is 9.33. The molecule has 21 heavy (non-hydrogen) atoms. The smallest absolute Gasteiger partial charge is 0.344 e. The van der Waals surface area contributed by atoms with Crippen molar-refractivity contribution in [2.24, 2.45) is 0 Å². The van der Waals surface area contributed by atoms with Crippen LogP contribution >= 0.6 is 9.24 Å². The molecule has 0 aromatic carbocycles. The molecule has 1 atom stereocenters. The lowest BCUT2D eigenvalue weighted by Gasteiger charge is -2.29. The van der Waals surface area contributed by atoms with E-state index < -0.39 is 10.4 Å². The van der Waals surface area contributed by atoms with E-state index in [-0.39, 0.29) is 6.15 Å². The lowest BCUT2D eigenvalue weighted by Crippen LogP contribution is -2.20. The summed E-state index contributed by atoms with van der Waals surface area (Å²) in [6.07, 6.45) is 12.5. The summed E-state index contributed by atoms with van der Waals surface area (Å²) >= 11 is 0. The second kappa shape index (κ2) is 15.2. The fraction of sp³-hybridized carbons (Fsp3) is 1.00. The first-order valence-electron chi connectivity index (χ1n) is 7.56. The SMILES string of the molecule is CCCCC(P)(CCCC)CCCC.COS(=O)(=O)O.N. The van der Waals surface area contributed by atoms with Gasteiger partial charge in [0.2, 0.25) is 0 Å². The van der Waals surface area contributed by atoms with Crippen molar-refractivity contribution in [2.45, 2.75) is 83.7 Å². The molecule has 132 valence electrons. The Morgan fingerprint density at radius 1 is 0.952 bits per heavy atom. The normalized spacial score (nSPS) is 11.3. The van der Waals surface area contributed by atoms with Crippen LogP contribution < -0.4 is 6.15 Å². The van der Waals surface area contributed by atoms with Crippen LogP contribution in [0.5, 0.6) is 0 Å². The van der Waals surface area contributed by atoms with Gasteiger partial charge >= 0.3 is 10.4 Å². The van der Waals surface area contributed by atoms with Crippen LogP contribution in [-0.4, -0.2) is 25.2 Å². The molecule has 0 amide bonds. The quantitative estimate of drug-likeness (QED) is 0.439. The Bertz CT molecular complexity index is 288. The van der Waals surface area contributed by atoms with Crippen molar-refractivity contribution < 1.29 is 17.2 Å². The molecule has 4 N–H and O–H groups in total. The summed E-state index contributed by atoms with van der Waals surface area (Å²) in [5, 5.41) is 0.571. The Hall–Kier alpha value is 0.260. The molecular formula is C14H36NO4PS. The van der Waals surface area contributed by atoms with Crippen LogP contribution in [-0.2, 0) is 14.6 Å². The number of hydrogen-bond donors (Lipinski definition) is 2. The molecule has 0 aliphatic heterocycles. The molecule has 0 bridgehead atoms. The van der Waals surface area contributed by atoms with Gasteiger partial charge in [0.05, 0.1) is 7.11 Å². The molecule has 0 heterocycles. The van der Waals surface area contributed by atoms with E-state index in [1.54, 1.807) is 0 Å². The molecule has 0 aliphatic rings. The Balaban J connectivity index is -0.000000394. The molecule has 0 radical (unpaired) electrons. The van der Waals surface area contributed by atoms with Gasteiger partial charge in [-0.25, -0.2) is 0 Å². The van der Waals surface area contributed by atoms with Gasteiger partial charge in [0, 0.05) is 0 Å². The highest BCUT2D eigenvalue weighted by atomic mass is 32.3. The highest BCUT2D eigenvalue weighted by Gasteiger charge is 2.22. The van der Waals surface area contributed by atoms with Crippen LogP contribution in [0.3, 0.4) is 0 Å². The van der Waals surface area contributed by atoms with E-state index in [2.05, 4.69) is 34.2 Å². The summed E-state index contributed by atoms with van der Waals surface area (Å²) in [5.74, 6) is 0. The third-order valence-corrected chi connectivity index (χ3v) is 4.58. The molecule has 0 saturated carbocycles. The predicted octanol–water partition coefficient (Wildman–Crippen LogP) is 4.77. The first-order valence-corrected chi connectivity index (χ1v) is 9.50. The van der Waals surface area contributed by atoms with Crippen LogP contribution in [0.1, 0.15) is 78.6 Å². The van der Waals surface area contributed by atoms with Crippen LogP contribution in [0.2, 0.25) is 0 Å². The van der Waals surface area contributed by atoms with Crippen molar-refractivity contribution in [2.75, 3.05) is 7.11 Å². The van der Waals surface area contributed by atoms with Crippen molar-refractivity contribution in [1.82, 2.24) is 6.15 Å². The minimum Gasteiger partial charge on any atom is -0.344 e. The van der Waals surface area contributed by atoms with Gasteiger partial charge in [0.25, 0.3) is 0 Å². The second-order valence-electron chi connectivity index (χ2n) is 5.27. The Morgan fingerprint density at radius 3 is 1.33 bits per heavy atom. The van der Waals surface area contributed by atoms with Crippen LogP contribution in [0.4, 0.5) is 0 Å². The maximum Gasteiger partial charge on any atom is 0.397 e. The Kier molecular flexibility index (Phi) is 18.9. The van der Waals surface area contributed by atoms with Gasteiger partial charge in [-0.1, -0.05) is 59.3 Å². The minimum absolute atomic E-state index is 0. The van der Waals surface area contributed by atoms with Crippen LogP contribution in [0.25, 0.3) is 0 Å². The van der Waals surface area contributed by atoms with Crippen molar-refractivity contribution >= 4 is 19.6 Å². The predicted molar refractivity (Wildman–Crippen MR) is 94.6 cm³/mol. The molecule has 0 aromatic heterocycles. The van der Waals surface area contributed by atoms with E-state index >= 15 is 0 Å². The van der Waals surface area contributed by atoms with Gasteiger partial charge in [-0.3, -0.25) is 8.74 Å². The number of rotatable bonds is 10. The molecule has 0 rings (SSSR count). The summed E-state index contributed by atoms with van der Waals surface area (Å²) in [6, 6.07) is 0. The topological polar surface area (TPSA) is 98.6 Å². The average molecular weight is 345 g/mol. The monoisotopic (exact) mass is 345 g/mol. The fourth-order valence-electron chi connectivity index (χ4n) is 1.96. The molecule has 0 spiro atoms. The molecule has 0 aromatic rings. The van der Waals surface area contributed by atoms with E-state index in [1.807, 2.05) is 0 Å². The largest absolute Gasteiger partial charge is 0.397 e. The van der Waals surface area contributed by atoms with Crippen molar-refractivity contribution in [1.29, 1.82) is 0 Å². The van der Waals surface area contributed by atoms with E-state index in [9.17, 15) is 8.42 Å². The lowest BCUT2D eigenvalue weighted by molar-refractivity contribution is 0.324. The van der Waals surface area contributed by atoms with Crippen molar-refractivity contribution in [3.8, 4) is 0 Å². The minimum atomic E-state index is -4.16. The molecule has 5 nitrogen and oxygen atoms in total. The zero-order valence-electron chi connectivity index (χ0n) is 14.2. The third kappa shape index (κ3) is 20.3. The van der Waals surface area contributed by atoms with Gasteiger partial charge in [-0.05, 0) is 24.4 Å². The van der Waals surface area contributed by atoms with Gasteiger partial charge in [0.15, 0.2) is 0 Å². The summed E-state index contributed by atoms with van der Waals surface area (Å²) in [5.41, 5.74) is 0. The van der Waals surface area contributed by atoms with Gasteiger partial charge in [-0.15, -0.1) is 9.24 Å². The summed E-state index contributed by atoms with van der Waals surface area (Å²) in [7, 11) is -0.126. The van der Waals surface area contributed by atoms with Crippen molar-refractivity contribution in [3.63, 3.8) is 0 Å². The standard InChI is InChI=1S/C13H29P.CH4O4S.H3N/c1-4-7-10-13(14,11-8-5-2)12-9-6-3;1-5-6(2,3)4;/h4-12,14H2,1-3H3;1H3,(H,2,3,4);1H3. The van der Waals surface area contributed by atoms with Gasteiger partial charge in [0.1, 0.15) is 0 Å². The number of hydrogen-bond acceptors (Lipinski definition) is 4. The third-order valence-electron chi connectivity index (χ3n) is 3.30. The lowest BCUT2D eigenvalue weighted by atomic mass is 9.90. The second-order valence-corrected chi connectivity index (χ2v) is 7.68. The molecule has 7 heteroatoms. The Morgan fingerprint density at radius 2 is 1.19 bits per heavy atom. The van der Waals surface area contributed by atoms with Gasteiger partial charge in [-0.2, -0.15) is 8.42 Å². The van der Waals surface area contributed by atoms with Crippen LogP contribution in [0, 0.1) is 0 Å². The van der Waals surface area contributed by atoms with E-state index in [1.165, 1.54) is 57.8 Å².